The summed E-state index contributed by atoms with van der Waals surface area (Å²) in [6.07, 6.45) is 0. The van der Waals surface area contributed by atoms with E-state index in [-0.39, 0.29) is 17.3 Å². The highest BCUT2D eigenvalue weighted by molar-refractivity contribution is 7.91. The van der Waals surface area contributed by atoms with Crippen LogP contribution in [0.15, 0.2) is 29.2 Å². The van der Waals surface area contributed by atoms with E-state index in [2.05, 4.69) is 0 Å². The molecule has 3 nitrogen and oxygen atoms in total. The van der Waals surface area contributed by atoms with Crippen LogP contribution in [0.3, 0.4) is 0 Å². The Morgan fingerprint density at radius 1 is 1.40 bits per heavy atom. The lowest BCUT2D eigenvalue weighted by Crippen LogP contribution is -2.12. The smallest absolute Gasteiger partial charge is 0.180 e. The number of hydrogen-bond donors (Lipinski definition) is 0. The first kappa shape index (κ1) is 12.1. The highest BCUT2D eigenvalue weighted by Gasteiger charge is 2.14. The second-order valence-corrected chi connectivity index (χ2v) is 5.08. The van der Waals surface area contributed by atoms with E-state index >= 15 is 0 Å². The number of ether oxygens (including phenoxy) is 1. The van der Waals surface area contributed by atoms with Crippen LogP contribution < -0.4 is 0 Å². The van der Waals surface area contributed by atoms with Gasteiger partial charge in [0, 0.05) is 6.61 Å². The van der Waals surface area contributed by atoms with Crippen molar-refractivity contribution >= 4 is 9.84 Å². The van der Waals surface area contributed by atoms with Gasteiger partial charge in [0.25, 0.3) is 0 Å². The van der Waals surface area contributed by atoms with Crippen LogP contribution in [0.4, 0.5) is 4.39 Å². The van der Waals surface area contributed by atoms with Crippen molar-refractivity contribution in [1.29, 1.82) is 0 Å². The van der Waals surface area contributed by atoms with Gasteiger partial charge in [-0.25, -0.2) is 12.8 Å². The molecule has 0 heterocycles. The Morgan fingerprint density at radius 2 is 2.13 bits per heavy atom. The molecule has 1 aromatic rings. The van der Waals surface area contributed by atoms with Gasteiger partial charge >= 0.3 is 0 Å². The van der Waals surface area contributed by atoms with E-state index in [0.717, 1.165) is 6.07 Å². The van der Waals surface area contributed by atoms with E-state index in [0.29, 0.717) is 6.61 Å². The molecule has 0 aliphatic carbocycles. The summed E-state index contributed by atoms with van der Waals surface area (Å²) in [4.78, 5) is 0.00204. The molecule has 0 N–H and O–H groups in total. The van der Waals surface area contributed by atoms with Gasteiger partial charge in [-0.2, -0.15) is 0 Å². The fourth-order valence-corrected chi connectivity index (χ4v) is 2.24. The summed E-state index contributed by atoms with van der Waals surface area (Å²) in [7, 11) is -3.42. The van der Waals surface area contributed by atoms with Gasteiger partial charge in [0.1, 0.15) is 5.82 Å². The third-order valence-electron chi connectivity index (χ3n) is 1.86. The van der Waals surface area contributed by atoms with E-state index in [1.807, 2.05) is 0 Å². The van der Waals surface area contributed by atoms with Gasteiger partial charge in [-0.1, -0.05) is 6.07 Å². The molecular formula is C10H13FO3S. The van der Waals surface area contributed by atoms with Crippen molar-refractivity contribution in [1.82, 2.24) is 0 Å². The Kier molecular flexibility index (Phi) is 4.23. The minimum absolute atomic E-state index is 0.00204. The second-order valence-electron chi connectivity index (χ2n) is 2.97. The van der Waals surface area contributed by atoms with Gasteiger partial charge in [0.15, 0.2) is 9.84 Å². The predicted molar refractivity (Wildman–Crippen MR) is 54.9 cm³/mol. The van der Waals surface area contributed by atoms with E-state index in [1.165, 1.54) is 18.2 Å². The molecule has 5 heteroatoms. The second kappa shape index (κ2) is 5.23. The number of halogens is 1. The first-order valence-corrected chi connectivity index (χ1v) is 6.27. The molecule has 1 aromatic carbocycles. The molecule has 0 aliphatic rings. The maximum Gasteiger partial charge on any atom is 0.180 e. The summed E-state index contributed by atoms with van der Waals surface area (Å²) in [5, 5.41) is 0. The quantitative estimate of drug-likeness (QED) is 0.725. The molecule has 1 rings (SSSR count). The predicted octanol–water partition coefficient (Wildman–Crippen LogP) is 1.64. The van der Waals surface area contributed by atoms with E-state index < -0.39 is 15.7 Å². The van der Waals surface area contributed by atoms with Crippen molar-refractivity contribution in [2.75, 3.05) is 19.0 Å². The zero-order chi connectivity index (χ0) is 11.3. The molecule has 0 aromatic heterocycles. The Bertz CT molecular complexity index is 414. The van der Waals surface area contributed by atoms with E-state index in [4.69, 9.17) is 4.74 Å². The first-order valence-electron chi connectivity index (χ1n) is 4.62. The minimum atomic E-state index is -3.42. The molecule has 0 amide bonds. The lowest BCUT2D eigenvalue weighted by atomic mass is 10.4. The third-order valence-corrected chi connectivity index (χ3v) is 3.53. The fraction of sp³-hybridized carbons (Fsp3) is 0.400. The highest BCUT2D eigenvalue weighted by atomic mass is 32.2. The summed E-state index contributed by atoms with van der Waals surface area (Å²) >= 11 is 0. The molecule has 84 valence electrons. The normalized spacial score (nSPS) is 11.6. The van der Waals surface area contributed by atoms with Crippen molar-refractivity contribution < 1.29 is 17.5 Å². The first-order chi connectivity index (χ1) is 7.06. The van der Waals surface area contributed by atoms with Gasteiger partial charge in [-0.3, -0.25) is 0 Å². The molecule has 0 radical (unpaired) electrons. The lowest BCUT2D eigenvalue weighted by Gasteiger charge is -2.04. The molecule has 0 saturated heterocycles. The summed E-state index contributed by atoms with van der Waals surface area (Å²) in [6.45, 7) is 2.39. The summed E-state index contributed by atoms with van der Waals surface area (Å²) in [5.41, 5.74) is 0. The van der Waals surface area contributed by atoms with Crippen LogP contribution in [-0.4, -0.2) is 27.4 Å². The van der Waals surface area contributed by atoms with Gasteiger partial charge in [-0.05, 0) is 25.1 Å². The lowest BCUT2D eigenvalue weighted by molar-refractivity contribution is 0.163. The topological polar surface area (TPSA) is 43.4 Å². The Balaban J connectivity index is 2.77. The van der Waals surface area contributed by atoms with Crippen LogP contribution >= 0.6 is 0 Å². The minimum Gasteiger partial charge on any atom is -0.381 e. The number of rotatable bonds is 5. The van der Waals surface area contributed by atoms with Crippen LogP contribution in [0.1, 0.15) is 6.92 Å². The Labute approximate surface area is 88.8 Å². The number of hydrogen-bond acceptors (Lipinski definition) is 3. The molecule has 0 bridgehead atoms. The molecule has 15 heavy (non-hydrogen) atoms. The molecule has 0 aliphatic heterocycles. The van der Waals surface area contributed by atoms with Gasteiger partial charge in [0.2, 0.25) is 0 Å². The maximum absolute atomic E-state index is 12.8. The van der Waals surface area contributed by atoms with Crippen molar-refractivity contribution in [3.63, 3.8) is 0 Å². The van der Waals surface area contributed by atoms with Crippen LogP contribution in [0.5, 0.6) is 0 Å². The number of benzene rings is 1. The molecule has 0 atom stereocenters. The van der Waals surface area contributed by atoms with Crippen LogP contribution in [0.25, 0.3) is 0 Å². The van der Waals surface area contributed by atoms with Gasteiger partial charge in [-0.15, -0.1) is 0 Å². The zero-order valence-electron chi connectivity index (χ0n) is 8.44. The van der Waals surface area contributed by atoms with Crippen molar-refractivity contribution in [3.8, 4) is 0 Å². The zero-order valence-corrected chi connectivity index (χ0v) is 9.26. The maximum atomic E-state index is 12.8. The monoisotopic (exact) mass is 232 g/mol. The van der Waals surface area contributed by atoms with Gasteiger partial charge in [0.05, 0.1) is 17.3 Å². The SMILES string of the molecule is CCOCCS(=O)(=O)c1cccc(F)c1. The fourth-order valence-electron chi connectivity index (χ4n) is 1.09. The molecule has 0 spiro atoms. The standard InChI is InChI=1S/C10H13FO3S/c1-2-14-6-7-15(12,13)10-5-3-4-9(11)8-10/h3-5,8H,2,6-7H2,1H3. The van der Waals surface area contributed by atoms with Crippen molar-refractivity contribution in [2.45, 2.75) is 11.8 Å². The highest BCUT2D eigenvalue weighted by Crippen LogP contribution is 2.12. The van der Waals surface area contributed by atoms with Gasteiger partial charge < -0.3 is 4.74 Å². The summed E-state index contributed by atoms with van der Waals surface area (Å²) in [5.74, 6) is -0.669. The van der Waals surface area contributed by atoms with Crippen molar-refractivity contribution in [3.05, 3.63) is 30.1 Å². The van der Waals surface area contributed by atoms with Crippen LogP contribution in [0.2, 0.25) is 0 Å². The largest absolute Gasteiger partial charge is 0.381 e. The number of sulfone groups is 1. The Morgan fingerprint density at radius 3 is 2.73 bits per heavy atom. The molecular weight excluding hydrogens is 219 g/mol. The van der Waals surface area contributed by atoms with Crippen LogP contribution in [-0.2, 0) is 14.6 Å². The van der Waals surface area contributed by atoms with Crippen LogP contribution in [0, 0.1) is 5.82 Å². The van der Waals surface area contributed by atoms with E-state index in [9.17, 15) is 12.8 Å². The molecule has 0 saturated carbocycles. The molecule has 0 unspecified atom stereocenters. The van der Waals surface area contributed by atoms with Crippen molar-refractivity contribution in [2.24, 2.45) is 0 Å². The molecule has 0 fully saturated rings. The average Bonchev–Trinajstić information content (AvgIpc) is 2.18. The average molecular weight is 232 g/mol. The summed E-state index contributed by atoms with van der Waals surface area (Å²) < 4.78 is 41.0. The summed E-state index contributed by atoms with van der Waals surface area (Å²) in [6, 6.07) is 4.98. The Hall–Kier alpha value is -0.940. The van der Waals surface area contributed by atoms with E-state index in [1.54, 1.807) is 6.92 Å². The third kappa shape index (κ3) is 3.60.